The van der Waals surface area contributed by atoms with Crippen molar-refractivity contribution >= 4 is 11.6 Å². The fourth-order valence-electron chi connectivity index (χ4n) is 8.58. The van der Waals surface area contributed by atoms with Crippen LogP contribution in [0.25, 0.3) is 55.6 Å². The molecule has 2 atom stereocenters. The van der Waals surface area contributed by atoms with Gasteiger partial charge < -0.3 is 0 Å². The number of carbonyl (C=O) groups excluding carboxylic acids is 2. The molecule has 0 aliphatic heterocycles. The molecule has 3 aliphatic carbocycles. The number of fused-ring (bicyclic) bond motifs is 8. The average Bonchev–Trinajstić information content (AvgIpc) is 3.29. The van der Waals surface area contributed by atoms with E-state index >= 15 is 0 Å². The van der Waals surface area contributed by atoms with E-state index in [0.717, 1.165) is 33.4 Å². The lowest BCUT2D eigenvalue weighted by Crippen LogP contribution is -2.25. The summed E-state index contributed by atoms with van der Waals surface area (Å²) >= 11 is 0. The smallest absolute Gasteiger partial charge is 0.167 e. The van der Waals surface area contributed by atoms with E-state index in [1.165, 1.54) is 38.9 Å². The van der Waals surface area contributed by atoms with E-state index in [4.69, 9.17) is 0 Å². The van der Waals surface area contributed by atoms with Crippen LogP contribution in [0.1, 0.15) is 70.5 Å². The van der Waals surface area contributed by atoms with Gasteiger partial charge in [-0.1, -0.05) is 124 Å². The van der Waals surface area contributed by atoms with Crippen molar-refractivity contribution in [2.24, 2.45) is 5.92 Å². The SMILES string of the molecule is CC1c2c3cc(-c4ccc5c(c4)C(C)(C)c4cc(-c6ccccc6)ccc4-5)cc2-c2ccccc2C(=O)C1CC(=O)c1ccccc1-3. The Morgan fingerprint density at radius 1 is 0.489 bits per heavy atom. The summed E-state index contributed by atoms with van der Waals surface area (Å²) in [7, 11) is 0. The zero-order valence-corrected chi connectivity index (χ0v) is 26.8. The molecule has 9 rings (SSSR count). The van der Waals surface area contributed by atoms with Gasteiger partial charge in [0, 0.05) is 28.9 Å². The van der Waals surface area contributed by atoms with Crippen LogP contribution in [-0.2, 0) is 5.41 Å². The topological polar surface area (TPSA) is 34.1 Å². The Morgan fingerprint density at radius 3 is 1.62 bits per heavy atom. The van der Waals surface area contributed by atoms with Gasteiger partial charge in [-0.3, -0.25) is 9.59 Å². The summed E-state index contributed by atoms with van der Waals surface area (Å²) in [4.78, 5) is 27.9. The Kier molecular flexibility index (Phi) is 5.99. The second-order valence-corrected chi connectivity index (χ2v) is 14.0. The molecule has 226 valence electrons. The first-order chi connectivity index (χ1) is 22.8. The predicted molar refractivity (Wildman–Crippen MR) is 191 cm³/mol. The number of carbonyl (C=O) groups is 2. The maximum atomic E-state index is 14.1. The van der Waals surface area contributed by atoms with Gasteiger partial charge in [-0.25, -0.2) is 0 Å². The molecule has 0 heterocycles. The lowest BCUT2D eigenvalue weighted by molar-refractivity contribution is 0.0836. The Labute approximate surface area is 275 Å². The standard InChI is InChI=1S/C45H34O2/c1-26-37-25-42(46)35-15-9-7-13-31(35)38-21-30(22-39(43(26)38)32-14-8-10-16-36(32)44(37)47)29-18-20-34-33-19-17-28(27-11-5-4-6-12-27)23-40(33)45(2,3)41(34)24-29/h4-24,26,37H,25H2,1-3H3. The maximum absolute atomic E-state index is 14.1. The molecule has 2 heteroatoms. The van der Waals surface area contributed by atoms with Gasteiger partial charge in [-0.05, 0) is 103 Å². The first-order valence-corrected chi connectivity index (χ1v) is 16.6. The highest BCUT2D eigenvalue weighted by Crippen LogP contribution is 2.53. The molecule has 0 saturated heterocycles. The molecule has 3 aliphatic rings. The highest BCUT2D eigenvalue weighted by Gasteiger charge is 2.40. The zero-order chi connectivity index (χ0) is 32.0. The van der Waals surface area contributed by atoms with Crippen molar-refractivity contribution in [2.45, 2.75) is 38.5 Å². The fourth-order valence-corrected chi connectivity index (χ4v) is 8.58. The van der Waals surface area contributed by atoms with Crippen LogP contribution in [0.15, 0.2) is 127 Å². The Morgan fingerprint density at radius 2 is 1.00 bits per heavy atom. The van der Waals surface area contributed by atoms with E-state index in [2.05, 4.69) is 112 Å². The van der Waals surface area contributed by atoms with E-state index in [9.17, 15) is 9.59 Å². The second kappa shape index (κ2) is 10.1. The van der Waals surface area contributed by atoms with Crippen LogP contribution < -0.4 is 0 Å². The van der Waals surface area contributed by atoms with Crippen molar-refractivity contribution in [3.8, 4) is 55.6 Å². The van der Waals surface area contributed by atoms with Gasteiger partial charge in [0.2, 0.25) is 0 Å². The van der Waals surface area contributed by atoms with E-state index in [1.54, 1.807) is 0 Å². The fraction of sp³-hybridized carbons (Fsp3) is 0.156. The van der Waals surface area contributed by atoms with E-state index in [1.807, 2.05) is 36.4 Å². The first kappa shape index (κ1) is 27.9. The summed E-state index contributed by atoms with van der Waals surface area (Å²) in [6.07, 6.45) is 0.221. The number of benzene rings is 6. The van der Waals surface area contributed by atoms with Crippen LogP contribution in [0.4, 0.5) is 0 Å². The van der Waals surface area contributed by atoms with Crippen LogP contribution in [0.5, 0.6) is 0 Å². The molecule has 0 fully saturated rings. The summed E-state index contributed by atoms with van der Waals surface area (Å²) in [5.41, 5.74) is 16.4. The van der Waals surface area contributed by atoms with Crippen LogP contribution in [-0.4, -0.2) is 11.6 Å². The predicted octanol–water partition coefficient (Wildman–Crippen LogP) is 11.2. The molecule has 0 amide bonds. The molecule has 2 unspecified atom stereocenters. The molecule has 2 bridgehead atoms. The third-order valence-corrected chi connectivity index (χ3v) is 11.1. The molecule has 0 saturated carbocycles. The molecular formula is C45H34O2. The van der Waals surface area contributed by atoms with E-state index < -0.39 is 5.92 Å². The Hall–Kier alpha value is -5.34. The van der Waals surface area contributed by atoms with Crippen molar-refractivity contribution in [1.29, 1.82) is 0 Å². The first-order valence-electron chi connectivity index (χ1n) is 16.6. The molecule has 0 spiro atoms. The van der Waals surface area contributed by atoms with Crippen LogP contribution >= 0.6 is 0 Å². The number of ketones is 2. The summed E-state index contributed by atoms with van der Waals surface area (Å²) in [5.74, 6) is -0.396. The van der Waals surface area contributed by atoms with Crippen LogP contribution in [0.2, 0.25) is 0 Å². The van der Waals surface area contributed by atoms with Crippen molar-refractivity contribution in [3.05, 3.63) is 155 Å². The largest absolute Gasteiger partial charge is 0.294 e. The Balaban J connectivity index is 1.27. The second-order valence-electron chi connectivity index (χ2n) is 14.0. The summed E-state index contributed by atoms with van der Waals surface area (Å²) in [5, 5.41) is 0. The van der Waals surface area contributed by atoms with Crippen molar-refractivity contribution < 1.29 is 9.59 Å². The van der Waals surface area contributed by atoms with Crippen LogP contribution in [0.3, 0.4) is 0 Å². The van der Waals surface area contributed by atoms with Gasteiger partial charge in [0.15, 0.2) is 11.6 Å². The lowest BCUT2D eigenvalue weighted by Gasteiger charge is -2.28. The quantitative estimate of drug-likeness (QED) is 0.196. The minimum absolute atomic E-state index is 0.0368. The van der Waals surface area contributed by atoms with Gasteiger partial charge in [0.1, 0.15) is 0 Å². The van der Waals surface area contributed by atoms with E-state index in [-0.39, 0.29) is 29.3 Å². The number of Topliss-reactive ketones (excluding diaryl/α,β-unsaturated/α-hetero) is 2. The highest BCUT2D eigenvalue weighted by molar-refractivity contribution is 6.12. The maximum Gasteiger partial charge on any atom is 0.167 e. The van der Waals surface area contributed by atoms with Crippen molar-refractivity contribution in [1.82, 2.24) is 0 Å². The normalized spacial score (nSPS) is 18.3. The van der Waals surface area contributed by atoms with Gasteiger partial charge in [-0.15, -0.1) is 0 Å². The summed E-state index contributed by atoms with van der Waals surface area (Å²) in [6, 6.07) is 44.8. The Bertz CT molecular complexity index is 2300. The molecule has 6 aromatic rings. The van der Waals surface area contributed by atoms with Gasteiger partial charge in [0.25, 0.3) is 0 Å². The minimum atomic E-state index is -0.400. The highest BCUT2D eigenvalue weighted by atomic mass is 16.1. The minimum Gasteiger partial charge on any atom is -0.294 e. The molecule has 2 nitrogen and oxygen atoms in total. The third-order valence-electron chi connectivity index (χ3n) is 11.1. The molecule has 47 heavy (non-hydrogen) atoms. The summed E-state index contributed by atoms with van der Waals surface area (Å²) in [6.45, 7) is 6.79. The number of hydrogen-bond donors (Lipinski definition) is 0. The van der Waals surface area contributed by atoms with Crippen molar-refractivity contribution in [3.63, 3.8) is 0 Å². The van der Waals surface area contributed by atoms with Crippen LogP contribution in [0, 0.1) is 5.92 Å². The van der Waals surface area contributed by atoms with Gasteiger partial charge in [0.05, 0.1) is 0 Å². The van der Waals surface area contributed by atoms with E-state index in [0.29, 0.717) is 11.1 Å². The molecule has 0 aromatic heterocycles. The molecular weight excluding hydrogens is 572 g/mol. The van der Waals surface area contributed by atoms with Gasteiger partial charge in [-0.2, -0.15) is 0 Å². The monoisotopic (exact) mass is 606 g/mol. The zero-order valence-electron chi connectivity index (χ0n) is 26.8. The number of hydrogen-bond acceptors (Lipinski definition) is 2. The average molecular weight is 607 g/mol. The van der Waals surface area contributed by atoms with Crippen molar-refractivity contribution in [2.75, 3.05) is 0 Å². The molecule has 0 radical (unpaired) electrons. The number of rotatable bonds is 2. The molecule has 6 aromatic carbocycles. The summed E-state index contributed by atoms with van der Waals surface area (Å²) < 4.78 is 0. The lowest BCUT2D eigenvalue weighted by atomic mass is 9.73. The third kappa shape index (κ3) is 4.04. The molecule has 0 N–H and O–H groups in total. The van der Waals surface area contributed by atoms with Gasteiger partial charge >= 0.3 is 0 Å².